The molecule has 4 aliphatic rings. The van der Waals surface area contributed by atoms with E-state index < -0.39 is 0 Å². The van der Waals surface area contributed by atoms with Crippen molar-refractivity contribution in [1.82, 2.24) is 5.32 Å². The summed E-state index contributed by atoms with van der Waals surface area (Å²) in [6.07, 6.45) is 9.64. The van der Waals surface area contributed by atoms with E-state index in [4.69, 9.17) is 16.3 Å². The van der Waals surface area contributed by atoms with Crippen molar-refractivity contribution in [3.63, 3.8) is 0 Å². The Labute approximate surface area is 144 Å². The fourth-order valence-corrected chi connectivity index (χ4v) is 5.84. The molecule has 0 saturated heterocycles. The van der Waals surface area contributed by atoms with Crippen LogP contribution in [0.2, 0.25) is 5.02 Å². The van der Waals surface area contributed by atoms with Gasteiger partial charge in [0.25, 0.3) is 0 Å². The normalized spacial score (nSPS) is 34.8. The summed E-state index contributed by atoms with van der Waals surface area (Å²) in [5.74, 6) is 3.92. The molecule has 0 amide bonds. The molecule has 4 fully saturated rings. The molecule has 126 valence electrons. The zero-order chi connectivity index (χ0) is 15.9. The molecule has 2 nitrogen and oxygen atoms in total. The molecule has 1 aromatic rings. The molecule has 23 heavy (non-hydrogen) atoms. The SMILES string of the molecule is CCCOc1ccc(Cl)cc1CNC12CC3CC(CC(C3)C1)C2. The average molecular weight is 334 g/mol. The van der Waals surface area contributed by atoms with Gasteiger partial charge in [0.1, 0.15) is 5.75 Å². The van der Waals surface area contributed by atoms with Gasteiger partial charge in [-0.2, -0.15) is 0 Å². The molecule has 0 atom stereocenters. The van der Waals surface area contributed by atoms with Crippen molar-refractivity contribution in [2.75, 3.05) is 6.61 Å². The predicted molar refractivity (Wildman–Crippen MR) is 95.0 cm³/mol. The Hall–Kier alpha value is -0.730. The second-order valence-corrected chi connectivity index (χ2v) is 8.59. The van der Waals surface area contributed by atoms with Crippen LogP contribution in [0.25, 0.3) is 0 Å². The number of rotatable bonds is 6. The molecule has 3 heteroatoms. The van der Waals surface area contributed by atoms with Crippen molar-refractivity contribution in [3.8, 4) is 5.75 Å². The topological polar surface area (TPSA) is 21.3 Å². The lowest BCUT2D eigenvalue weighted by Crippen LogP contribution is -2.58. The van der Waals surface area contributed by atoms with Crippen LogP contribution in [-0.4, -0.2) is 12.1 Å². The van der Waals surface area contributed by atoms with Gasteiger partial charge in [0.05, 0.1) is 6.61 Å². The van der Waals surface area contributed by atoms with Crippen LogP contribution in [0, 0.1) is 17.8 Å². The summed E-state index contributed by atoms with van der Waals surface area (Å²) in [6, 6.07) is 6.02. The van der Waals surface area contributed by atoms with Gasteiger partial charge in [-0.3, -0.25) is 0 Å². The lowest BCUT2D eigenvalue weighted by Gasteiger charge is -2.57. The third kappa shape index (κ3) is 3.25. The van der Waals surface area contributed by atoms with E-state index in [1.165, 1.54) is 44.1 Å². The predicted octanol–water partition coefficient (Wildman–Crippen LogP) is 5.19. The Morgan fingerprint density at radius 2 is 1.78 bits per heavy atom. The lowest BCUT2D eigenvalue weighted by atomic mass is 9.53. The van der Waals surface area contributed by atoms with E-state index in [0.717, 1.165) is 48.1 Å². The van der Waals surface area contributed by atoms with Gasteiger partial charge >= 0.3 is 0 Å². The van der Waals surface area contributed by atoms with E-state index >= 15 is 0 Å². The van der Waals surface area contributed by atoms with Gasteiger partial charge in [0.15, 0.2) is 0 Å². The van der Waals surface area contributed by atoms with Gasteiger partial charge in [0, 0.05) is 22.7 Å². The van der Waals surface area contributed by atoms with E-state index in [1.54, 1.807) is 0 Å². The molecule has 0 heterocycles. The first kappa shape index (κ1) is 15.8. The van der Waals surface area contributed by atoms with Crippen molar-refractivity contribution < 1.29 is 4.74 Å². The van der Waals surface area contributed by atoms with Gasteiger partial charge < -0.3 is 10.1 Å². The molecule has 0 aromatic heterocycles. The van der Waals surface area contributed by atoms with Crippen LogP contribution in [0.15, 0.2) is 18.2 Å². The minimum atomic E-state index is 0.388. The quantitative estimate of drug-likeness (QED) is 0.773. The number of hydrogen-bond donors (Lipinski definition) is 1. The van der Waals surface area contributed by atoms with Crippen LogP contribution < -0.4 is 10.1 Å². The monoisotopic (exact) mass is 333 g/mol. The number of ether oxygens (including phenoxy) is 1. The third-order valence-corrected chi connectivity index (χ3v) is 6.41. The molecule has 4 saturated carbocycles. The summed E-state index contributed by atoms with van der Waals surface area (Å²) in [4.78, 5) is 0. The van der Waals surface area contributed by atoms with Crippen LogP contribution in [0.3, 0.4) is 0 Å². The molecular weight excluding hydrogens is 306 g/mol. The van der Waals surface area contributed by atoms with Crippen LogP contribution in [0.1, 0.15) is 57.4 Å². The first-order chi connectivity index (χ1) is 11.2. The maximum absolute atomic E-state index is 6.22. The molecule has 5 rings (SSSR count). The minimum absolute atomic E-state index is 0.388. The molecule has 1 N–H and O–H groups in total. The first-order valence-electron chi connectivity index (χ1n) is 9.32. The van der Waals surface area contributed by atoms with Gasteiger partial charge in [-0.1, -0.05) is 18.5 Å². The van der Waals surface area contributed by atoms with Gasteiger partial charge in [-0.15, -0.1) is 0 Å². The number of nitrogens with one attached hydrogen (secondary N) is 1. The Bertz CT molecular complexity index is 535. The first-order valence-corrected chi connectivity index (χ1v) is 9.70. The van der Waals surface area contributed by atoms with Gasteiger partial charge in [0.2, 0.25) is 0 Å². The number of benzene rings is 1. The maximum atomic E-state index is 6.22. The highest BCUT2D eigenvalue weighted by atomic mass is 35.5. The molecule has 0 spiro atoms. The molecule has 4 aliphatic carbocycles. The lowest BCUT2D eigenvalue weighted by molar-refractivity contribution is -0.0206. The third-order valence-electron chi connectivity index (χ3n) is 6.18. The average Bonchev–Trinajstić information content (AvgIpc) is 2.51. The second-order valence-electron chi connectivity index (χ2n) is 8.15. The van der Waals surface area contributed by atoms with E-state index in [2.05, 4.69) is 18.3 Å². The van der Waals surface area contributed by atoms with Crippen molar-refractivity contribution in [2.45, 2.75) is 64.0 Å². The van der Waals surface area contributed by atoms with E-state index in [0.29, 0.717) is 5.54 Å². The van der Waals surface area contributed by atoms with Gasteiger partial charge in [-0.25, -0.2) is 0 Å². The highest BCUT2D eigenvalue weighted by Crippen LogP contribution is 2.55. The molecule has 0 unspecified atom stereocenters. The largest absolute Gasteiger partial charge is 0.493 e. The van der Waals surface area contributed by atoms with Crippen LogP contribution in [0.4, 0.5) is 0 Å². The summed E-state index contributed by atoms with van der Waals surface area (Å²) < 4.78 is 5.91. The summed E-state index contributed by atoms with van der Waals surface area (Å²) in [6.45, 7) is 3.79. The van der Waals surface area contributed by atoms with E-state index in [1.807, 2.05) is 12.1 Å². The number of halogens is 1. The zero-order valence-electron chi connectivity index (χ0n) is 14.1. The van der Waals surface area contributed by atoms with Crippen molar-refractivity contribution in [2.24, 2.45) is 17.8 Å². The summed E-state index contributed by atoms with van der Waals surface area (Å²) in [7, 11) is 0. The van der Waals surface area contributed by atoms with Crippen LogP contribution in [-0.2, 0) is 6.54 Å². The molecule has 4 bridgehead atoms. The van der Waals surface area contributed by atoms with Crippen molar-refractivity contribution in [1.29, 1.82) is 0 Å². The minimum Gasteiger partial charge on any atom is -0.493 e. The van der Waals surface area contributed by atoms with Crippen LogP contribution in [0.5, 0.6) is 5.75 Å². The fraction of sp³-hybridized carbons (Fsp3) is 0.700. The van der Waals surface area contributed by atoms with Crippen molar-refractivity contribution in [3.05, 3.63) is 28.8 Å². The molecular formula is C20H28ClNO. The Balaban J connectivity index is 1.47. The Morgan fingerprint density at radius 3 is 2.39 bits per heavy atom. The molecule has 0 aliphatic heterocycles. The zero-order valence-corrected chi connectivity index (χ0v) is 14.9. The highest BCUT2D eigenvalue weighted by molar-refractivity contribution is 6.30. The summed E-state index contributed by atoms with van der Waals surface area (Å²) in [5, 5.41) is 4.75. The standard InChI is InChI=1S/C20H28ClNO/c1-2-5-23-19-4-3-18(21)9-17(19)13-22-20-10-14-6-15(11-20)8-16(7-14)12-20/h3-4,9,14-16,22H,2,5-8,10-13H2,1H3. The van der Waals surface area contributed by atoms with Gasteiger partial charge in [-0.05, 0) is 80.9 Å². The maximum Gasteiger partial charge on any atom is 0.123 e. The number of hydrogen-bond acceptors (Lipinski definition) is 2. The summed E-state index contributed by atoms with van der Waals surface area (Å²) in [5.41, 5.74) is 1.60. The van der Waals surface area contributed by atoms with Crippen molar-refractivity contribution >= 4 is 11.6 Å². The Morgan fingerprint density at radius 1 is 1.13 bits per heavy atom. The van der Waals surface area contributed by atoms with E-state index in [9.17, 15) is 0 Å². The summed E-state index contributed by atoms with van der Waals surface area (Å²) >= 11 is 6.22. The molecule has 0 radical (unpaired) electrons. The molecule has 1 aromatic carbocycles. The fourth-order valence-electron chi connectivity index (χ4n) is 5.65. The Kier molecular flexibility index (Phi) is 4.32. The smallest absolute Gasteiger partial charge is 0.123 e. The van der Waals surface area contributed by atoms with Crippen LogP contribution >= 0.6 is 11.6 Å². The highest BCUT2D eigenvalue weighted by Gasteiger charge is 2.50. The second kappa shape index (κ2) is 6.29. The van der Waals surface area contributed by atoms with E-state index in [-0.39, 0.29) is 0 Å².